The molecule has 7 heteroatoms. The second-order valence-corrected chi connectivity index (χ2v) is 9.86. The van der Waals surface area contributed by atoms with E-state index < -0.39 is 0 Å². The number of pyridine rings is 1. The molecule has 2 aliphatic carbocycles. The molecule has 2 heterocycles. The Balaban J connectivity index is 1.42. The number of nitrogens with zero attached hydrogens (tertiary/aromatic N) is 4. The summed E-state index contributed by atoms with van der Waals surface area (Å²) < 4.78 is 15.3. The second-order valence-electron chi connectivity index (χ2n) is 9.86. The Morgan fingerprint density at radius 1 is 1.26 bits per heavy atom. The highest BCUT2D eigenvalue weighted by Crippen LogP contribution is 2.55. The highest BCUT2D eigenvalue weighted by molar-refractivity contribution is 5.74. The van der Waals surface area contributed by atoms with Gasteiger partial charge in [-0.1, -0.05) is 18.6 Å². The normalized spacial score (nSPS) is 21.9. The molecule has 6 nitrogen and oxygen atoms in total. The van der Waals surface area contributed by atoms with E-state index in [1.54, 1.807) is 37.3 Å². The number of carbonyl (C=O) groups excluding carboxylic acids is 1. The molecule has 5 rings (SSSR count). The van der Waals surface area contributed by atoms with Gasteiger partial charge >= 0.3 is 6.03 Å². The van der Waals surface area contributed by atoms with Crippen LogP contribution in [0.1, 0.15) is 49.0 Å². The standard InChI is InChI=1S/C27H30FN5O/c1-27-15-19-17-30-33(23-10-8-22(28)9-11-23)25(19)14-21(27)7-6-20(27)13-24(31-26(34)32(2)3)18-5-4-12-29-16-18/h4-5,8-12,14,16-17,20,24H,6-7,13,15H2,1-3H3,(H,31,34)/t20-,24?,27-/m1/s1. The molecule has 3 atom stereocenters. The number of fused-ring (bicyclic) bond motifs is 2. The van der Waals surface area contributed by atoms with Crippen molar-refractivity contribution in [2.75, 3.05) is 14.1 Å². The zero-order valence-corrected chi connectivity index (χ0v) is 19.8. The quantitative estimate of drug-likeness (QED) is 0.573. The number of rotatable bonds is 5. The van der Waals surface area contributed by atoms with Crippen LogP contribution in [-0.2, 0) is 6.42 Å². The van der Waals surface area contributed by atoms with Crippen molar-refractivity contribution in [1.82, 2.24) is 25.0 Å². The first-order valence-electron chi connectivity index (χ1n) is 11.8. The molecule has 176 valence electrons. The Morgan fingerprint density at radius 2 is 2.06 bits per heavy atom. The maximum Gasteiger partial charge on any atom is 0.317 e. The van der Waals surface area contributed by atoms with Crippen LogP contribution >= 0.6 is 0 Å². The highest BCUT2D eigenvalue weighted by Gasteiger charge is 2.46. The van der Waals surface area contributed by atoms with Crippen LogP contribution in [0.25, 0.3) is 11.8 Å². The number of benzene rings is 1. The summed E-state index contributed by atoms with van der Waals surface area (Å²) in [5.74, 6) is 0.160. The van der Waals surface area contributed by atoms with E-state index in [4.69, 9.17) is 0 Å². The Morgan fingerprint density at radius 3 is 2.76 bits per heavy atom. The average Bonchev–Trinajstić information content (AvgIpc) is 3.37. The molecule has 0 bridgehead atoms. The van der Waals surface area contributed by atoms with Gasteiger partial charge in [0.2, 0.25) is 0 Å². The van der Waals surface area contributed by atoms with E-state index in [1.807, 2.05) is 29.2 Å². The topological polar surface area (TPSA) is 63.1 Å². The molecule has 2 aromatic heterocycles. The minimum absolute atomic E-state index is 0.00691. The van der Waals surface area contributed by atoms with E-state index in [0.717, 1.165) is 42.6 Å². The van der Waals surface area contributed by atoms with Gasteiger partial charge in [0.1, 0.15) is 5.82 Å². The van der Waals surface area contributed by atoms with Crippen molar-refractivity contribution in [3.05, 3.63) is 83.2 Å². The third-order valence-corrected chi connectivity index (χ3v) is 7.53. The van der Waals surface area contributed by atoms with E-state index in [1.165, 1.54) is 23.3 Å². The number of hydrogen-bond donors (Lipinski definition) is 1. The van der Waals surface area contributed by atoms with Crippen LogP contribution in [0.2, 0.25) is 0 Å². The second kappa shape index (κ2) is 8.70. The van der Waals surface area contributed by atoms with Crippen molar-refractivity contribution in [3.63, 3.8) is 0 Å². The summed E-state index contributed by atoms with van der Waals surface area (Å²) in [6.07, 6.45) is 11.7. The molecule has 1 saturated carbocycles. The van der Waals surface area contributed by atoms with Crippen molar-refractivity contribution in [1.29, 1.82) is 0 Å². The lowest BCUT2D eigenvalue weighted by atomic mass is 9.68. The number of aromatic nitrogens is 3. The zero-order valence-electron chi connectivity index (χ0n) is 19.8. The fourth-order valence-electron chi connectivity index (χ4n) is 5.52. The molecular formula is C27H30FN5O. The molecular weight excluding hydrogens is 429 g/mol. The van der Waals surface area contributed by atoms with Gasteiger partial charge in [0.05, 0.1) is 23.6 Å². The number of halogens is 1. The Hall–Kier alpha value is -3.48. The fraction of sp³-hybridized carbons (Fsp3) is 0.370. The molecule has 2 aliphatic rings. The molecule has 1 unspecified atom stereocenters. The first kappa shape index (κ1) is 22.3. The number of amides is 2. The minimum atomic E-state index is -0.251. The van der Waals surface area contributed by atoms with Crippen LogP contribution < -0.4 is 5.32 Å². The average molecular weight is 460 g/mol. The van der Waals surface area contributed by atoms with Gasteiger partial charge < -0.3 is 10.2 Å². The summed E-state index contributed by atoms with van der Waals surface area (Å²) in [7, 11) is 3.52. The van der Waals surface area contributed by atoms with E-state index in [2.05, 4.69) is 28.4 Å². The Labute approximate surface area is 199 Å². The molecule has 1 aromatic carbocycles. The van der Waals surface area contributed by atoms with Crippen LogP contribution in [-0.4, -0.2) is 39.8 Å². The van der Waals surface area contributed by atoms with Crippen molar-refractivity contribution in [2.24, 2.45) is 11.3 Å². The third-order valence-electron chi connectivity index (χ3n) is 7.53. The SMILES string of the molecule is CN(C)C(=O)NC(C[C@H]1CCC2=Cc3c(cnn3-c3ccc(F)cc3)C[C@@]21C)c1cccnc1. The molecule has 0 spiro atoms. The summed E-state index contributed by atoms with van der Waals surface area (Å²) in [5.41, 5.74) is 5.62. The van der Waals surface area contributed by atoms with Gasteiger partial charge in [0.25, 0.3) is 0 Å². The van der Waals surface area contributed by atoms with Gasteiger partial charge in [0, 0.05) is 26.5 Å². The van der Waals surface area contributed by atoms with Crippen molar-refractivity contribution >= 4 is 12.1 Å². The zero-order chi connectivity index (χ0) is 23.9. The minimum Gasteiger partial charge on any atom is -0.331 e. The molecule has 2 amide bonds. The molecule has 1 fully saturated rings. The first-order valence-corrected chi connectivity index (χ1v) is 11.8. The van der Waals surface area contributed by atoms with E-state index >= 15 is 0 Å². The largest absolute Gasteiger partial charge is 0.331 e. The van der Waals surface area contributed by atoms with Gasteiger partial charge in [-0.05, 0) is 84.6 Å². The van der Waals surface area contributed by atoms with Crippen LogP contribution in [0.4, 0.5) is 9.18 Å². The third kappa shape index (κ3) is 4.00. The van der Waals surface area contributed by atoms with Crippen molar-refractivity contribution in [2.45, 2.75) is 38.6 Å². The monoisotopic (exact) mass is 459 g/mol. The Bertz CT molecular complexity index is 1220. The van der Waals surface area contributed by atoms with Crippen molar-refractivity contribution < 1.29 is 9.18 Å². The van der Waals surface area contributed by atoms with Crippen LogP contribution in [0.3, 0.4) is 0 Å². The lowest BCUT2D eigenvalue weighted by Crippen LogP contribution is -2.39. The number of nitrogens with one attached hydrogen (secondary N) is 1. The molecule has 3 aromatic rings. The number of urea groups is 1. The maximum atomic E-state index is 13.4. The molecule has 34 heavy (non-hydrogen) atoms. The van der Waals surface area contributed by atoms with Gasteiger partial charge in [0.15, 0.2) is 0 Å². The fourth-order valence-corrected chi connectivity index (χ4v) is 5.52. The molecule has 0 radical (unpaired) electrons. The van der Waals surface area contributed by atoms with Crippen LogP contribution in [0, 0.1) is 17.2 Å². The maximum absolute atomic E-state index is 13.4. The van der Waals surface area contributed by atoms with Crippen LogP contribution in [0.5, 0.6) is 0 Å². The van der Waals surface area contributed by atoms with Crippen molar-refractivity contribution in [3.8, 4) is 5.69 Å². The number of carbonyl (C=O) groups is 1. The highest BCUT2D eigenvalue weighted by atomic mass is 19.1. The predicted molar refractivity (Wildman–Crippen MR) is 130 cm³/mol. The summed E-state index contributed by atoms with van der Waals surface area (Å²) in [6.45, 7) is 2.35. The van der Waals surface area contributed by atoms with E-state index in [-0.39, 0.29) is 23.3 Å². The summed E-state index contributed by atoms with van der Waals surface area (Å²) in [5, 5.41) is 7.83. The Kier molecular flexibility index (Phi) is 5.71. The van der Waals surface area contributed by atoms with Gasteiger partial charge in [-0.25, -0.2) is 13.9 Å². The number of hydrogen-bond acceptors (Lipinski definition) is 3. The first-order chi connectivity index (χ1) is 16.3. The number of allylic oxidation sites excluding steroid dienone is 1. The molecule has 1 N–H and O–H groups in total. The smallest absolute Gasteiger partial charge is 0.317 e. The predicted octanol–water partition coefficient (Wildman–Crippen LogP) is 5.16. The van der Waals surface area contributed by atoms with E-state index in [9.17, 15) is 9.18 Å². The molecule has 0 saturated heterocycles. The molecule has 0 aliphatic heterocycles. The lowest BCUT2D eigenvalue weighted by molar-refractivity contribution is 0.199. The summed E-state index contributed by atoms with van der Waals surface area (Å²) in [6, 6.07) is 10.2. The van der Waals surface area contributed by atoms with Gasteiger partial charge in [-0.3, -0.25) is 4.98 Å². The van der Waals surface area contributed by atoms with Crippen LogP contribution in [0.15, 0.2) is 60.6 Å². The summed E-state index contributed by atoms with van der Waals surface area (Å²) in [4.78, 5) is 18.4. The lowest BCUT2D eigenvalue weighted by Gasteiger charge is -2.38. The van der Waals surface area contributed by atoms with Gasteiger partial charge in [-0.15, -0.1) is 0 Å². The summed E-state index contributed by atoms with van der Waals surface area (Å²) >= 11 is 0. The van der Waals surface area contributed by atoms with Gasteiger partial charge in [-0.2, -0.15) is 5.10 Å². The van der Waals surface area contributed by atoms with E-state index in [0.29, 0.717) is 5.92 Å².